The van der Waals surface area contributed by atoms with E-state index in [-0.39, 0.29) is 11.9 Å². The van der Waals surface area contributed by atoms with Crippen molar-refractivity contribution in [2.75, 3.05) is 33.4 Å². The number of rotatable bonds is 8. The predicted molar refractivity (Wildman–Crippen MR) is 71.9 cm³/mol. The number of nitrogens with zero attached hydrogens (tertiary/aromatic N) is 1. The lowest BCUT2D eigenvalue weighted by atomic mass is 10.0. The summed E-state index contributed by atoms with van der Waals surface area (Å²) in [6.07, 6.45) is 0.812. The first-order valence-electron chi connectivity index (χ1n) is 6.40. The van der Waals surface area contributed by atoms with E-state index in [1.807, 2.05) is 20.0 Å². The Bertz CT molecular complexity index is 346. The predicted octanol–water partition coefficient (Wildman–Crippen LogP) is 2.18. The molecule has 0 aliphatic rings. The third-order valence-corrected chi connectivity index (χ3v) is 2.92. The molecule has 1 unspecified atom stereocenters. The highest BCUT2D eigenvalue weighted by Gasteiger charge is 2.08. The number of hydrogen-bond acceptors (Lipinski definition) is 3. The average Bonchev–Trinajstić information content (AvgIpc) is 2.36. The second kappa shape index (κ2) is 8.19. The molecule has 0 amide bonds. The minimum absolute atomic E-state index is 0.116. The van der Waals surface area contributed by atoms with Crippen LogP contribution in [0.5, 0.6) is 0 Å². The molecule has 0 radical (unpaired) electrons. The van der Waals surface area contributed by atoms with Gasteiger partial charge in [0.25, 0.3) is 0 Å². The molecule has 0 heterocycles. The molecule has 0 saturated heterocycles. The monoisotopic (exact) mass is 254 g/mol. The molecule has 0 spiro atoms. The maximum absolute atomic E-state index is 13.0. The molecule has 4 heteroatoms. The molecule has 0 aromatic heterocycles. The summed E-state index contributed by atoms with van der Waals surface area (Å²) in [6, 6.07) is 6.39. The number of likely N-dealkylation sites (N-methyl/N-ethyl adjacent to an activating group) is 1. The molecule has 0 saturated carbocycles. The van der Waals surface area contributed by atoms with Crippen molar-refractivity contribution in [3.8, 4) is 0 Å². The molecule has 1 aromatic rings. The van der Waals surface area contributed by atoms with Crippen LogP contribution in [0.4, 0.5) is 4.39 Å². The van der Waals surface area contributed by atoms with Gasteiger partial charge >= 0.3 is 0 Å². The third kappa shape index (κ3) is 5.58. The number of nitrogens with two attached hydrogens (primary N) is 1. The van der Waals surface area contributed by atoms with Crippen molar-refractivity contribution in [1.29, 1.82) is 0 Å². The van der Waals surface area contributed by atoms with Crippen molar-refractivity contribution in [2.24, 2.45) is 5.73 Å². The van der Waals surface area contributed by atoms with Crippen LogP contribution >= 0.6 is 0 Å². The molecule has 0 bridgehead atoms. The molecule has 3 nitrogen and oxygen atoms in total. The minimum atomic E-state index is -0.229. The van der Waals surface area contributed by atoms with E-state index in [2.05, 4.69) is 4.90 Å². The van der Waals surface area contributed by atoms with Crippen LogP contribution in [0, 0.1) is 5.82 Å². The second-order valence-electron chi connectivity index (χ2n) is 4.45. The highest BCUT2D eigenvalue weighted by Crippen LogP contribution is 2.15. The molecule has 102 valence electrons. The molecule has 0 fully saturated rings. The van der Waals surface area contributed by atoms with Gasteiger partial charge in [0.2, 0.25) is 0 Å². The van der Waals surface area contributed by atoms with Gasteiger partial charge in [0.05, 0.1) is 6.61 Å². The fourth-order valence-corrected chi connectivity index (χ4v) is 1.74. The van der Waals surface area contributed by atoms with Crippen LogP contribution in [0.3, 0.4) is 0 Å². The Morgan fingerprint density at radius 2 is 2.17 bits per heavy atom. The van der Waals surface area contributed by atoms with Gasteiger partial charge in [-0.2, -0.15) is 0 Å². The average molecular weight is 254 g/mol. The Hall–Kier alpha value is -0.970. The Kier molecular flexibility index (Phi) is 6.86. The van der Waals surface area contributed by atoms with Gasteiger partial charge in [0.15, 0.2) is 0 Å². The largest absolute Gasteiger partial charge is 0.380 e. The summed E-state index contributed by atoms with van der Waals surface area (Å²) in [5.41, 5.74) is 6.90. The first kappa shape index (κ1) is 15.1. The Morgan fingerprint density at radius 1 is 1.39 bits per heavy atom. The van der Waals surface area contributed by atoms with Crippen LogP contribution in [0.25, 0.3) is 0 Å². The van der Waals surface area contributed by atoms with Gasteiger partial charge in [-0.25, -0.2) is 4.39 Å². The molecule has 1 rings (SSSR count). The molecule has 1 atom stereocenters. The van der Waals surface area contributed by atoms with Gasteiger partial charge in [0, 0.05) is 19.2 Å². The SMILES string of the molecule is CCOCCN(C)CCC(N)c1cccc(F)c1. The number of benzene rings is 1. The lowest BCUT2D eigenvalue weighted by molar-refractivity contribution is 0.121. The summed E-state index contributed by atoms with van der Waals surface area (Å²) in [5, 5.41) is 0. The zero-order valence-corrected chi connectivity index (χ0v) is 11.2. The smallest absolute Gasteiger partial charge is 0.123 e. The van der Waals surface area contributed by atoms with Crippen molar-refractivity contribution in [3.63, 3.8) is 0 Å². The maximum Gasteiger partial charge on any atom is 0.123 e. The van der Waals surface area contributed by atoms with Crippen molar-refractivity contribution in [3.05, 3.63) is 35.6 Å². The lowest BCUT2D eigenvalue weighted by Gasteiger charge is -2.19. The summed E-state index contributed by atoms with van der Waals surface area (Å²) in [5.74, 6) is -0.229. The zero-order chi connectivity index (χ0) is 13.4. The molecule has 0 aliphatic carbocycles. The van der Waals surface area contributed by atoms with E-state index in [9.17, 15) is 4.39 Å². The van der Waals surface area contributed by atoms with Crippen LogP contribution < -0.4 is 5.73 Å². The molecule has 18 heavy (non-hydrogen) atoms. The fraction of sp³-hybridized carbons (Fsp3) is 0.571. The van der Waals surface area contributed by atoms with E-state index in [0.717, 1.165) is 38.3 Å². The van der Waals surface area contributed by atoms with Crippen LogP contribution in [-0.4, -0.2) is 38.3 Å². The number of ether oxygens (including phenoxy) is 1. The van der Waals surface area contributed by atoms with Crippen LogP contribution in [0.15, 0.2) is 24.3 Å². The van der Waals surface area contributed by atoms with Gasteiger partial charge in [-0.1, -0.05) is 12.1 Å². The summed E-state index contributed by atoms with van der Waals surface area (Å²) in [4.78, 5) is 2.18. The van der Waals surface area contributed by atoms with Gasteiger partial charge in [0.1, 0.15) is 5.82 Å². The Labute approximate surface area is 109 Å². The van der Waals surface area contributed by atoms with Crippen LogP contribution in [-0.2, 0) is 4.74 Å². The minimum Gasteiger partial charge on any atom is -0.380 e. The van der Waals surface area contributed by atoms with Gasteiger partial charge in [-0.05, 0) is 44.6 Å². The molecule has 1 aromatic carbocycles. The first-order chi connectivity index (χ1) is 8.63. The fourth-order valence-electron chi connectivity index (χ4n) is 1.74. The first-order valence-corrected chi connectivity index (χ1v) is 6.40. The Morgan fingerprint density at radius 3 is 2.83 bits per heavy atom. The number of hydrogen-bond donors (Lipinski definition) is 1. The van der Waals surface area contributed by atoms with E-state index < -0.39 is 0 Å². The van der Waals surface area contributed by atoms with E-state index in [1.54, 1.807) is 6.07 Å². The van der Waals surface area contributed by atoms with Crippen molar-refractivity contribution >= 4 is 0 Å². The molecule has 0 aliphatic heterocycles. The standard InChI is InChI=1S/C14H23FN2O/c1-3-18-10-9-17(2)8-7-14(16)12-5-4-6-13(15)11-12/h4-6,11,14H,3,7-10,16H2,1-2H3. The maximum atomic E-state index is 13.0. The summed E-state index contributed by atoms with van der Waals surface area (Å²) < 4.78 is 18.3. The van der Waals surface area contributed by atoms with Crippen molar-refractivity contribution in [1.82, 2.24) is 4.90 Å². The van der Waals surface area contributed by atoms with Gasteiger partial charge in [-0.15, -0.1) is 0 Å². The van der Waals surface area contributed by atoms with E-state index in [4.69, 9.17) is 10.5 Å². The van der Waals surface area contributed by atoms with Crippen LogP contribution in [0.1, 0.15) is 24.9 Å². The Balaban J connectivity index is 2.30. The summed E-state index contributed by atoms with van der Waals surface area (Å²) in [7, 11) is 2.04. The van der Waals surface area contributed by atoms with E-state index in [1.165, 1.54) is 12.1 Å². The summed E-state index contributed by atoms with van der Waals surface area (Å²) >= 11 is 0. The molecular weight excluding hydrogens is 231 g/mol. The quantitative estimate of drug-likeness (QED) is 0.723. The van der Waals surface area contributed by atoms with Crippen LogP contribution in [0.2, 0.25) is 0 Å². The highest BCUT2D eigenvalue weighted by atomic mass is 19.1. The lowest BCUT2D eigenvalue weighted by Crippen LogP contribution is -2.27. The summed E-state index contributed by atoms with van der Waals surface area (Å²) in [6.45, 7) is 5.24. The molecular formula is C14H23FN2O. The molecule has 2 N–H and O–H groups in total. The second-order valence-corrected chi connectivity index (χ2v) is 4.45. The third-order valence-electron chi connectivity index (χ3n) is 2.92. The van der Waals surface area contributed by atoms with Crippen molar-refractivity contribution < 1.29 is 9.13 Å². The number of halogens is 1. The van der Waals surface area contributed by atoms with Gasteiger partial charge in [-0.3, -0.25) is 0 Å². The normalized spacial score (nSPS) is 12.9. The van der Waals surface area contributed by atoms with Gasteiger partial charge < -0.3 is 15.4 Å². The van der Waals surface area contributed by atoms with Crippen molar-refractivity contribution in [2.45, 2.75) is 19.4 Å². The van der Waals surface area contributed by atoms with E-state index in [0.29, 0.717) is 0 Å². The zero-order valence-electron chi connectivity index (χ0n) is 11.2. The highest BCUT2D eigenvalue weighted by molar-refractivity contribution is 5.19. The van der Waals surface area contributed by atoms with E-state index >= 15 is 0 Å². The topological polar surface area (TPSA) is 38.5 Å².